The maximum atomic E-state index is 5.85. The molecule has 0 N–H and O–H groups in total. The zero-order valence-electron chi connectivity index (χ0n) is 12.0. The molecule has 112 valence electrons. The fourth-order valence-electron chi connectivity index (χ4n) is 1.97. The van der Waals surface area contributed by atoms with Crippen molar-refractivity contribution in [1.82, 2.24) is 4.98 Å². The van der Waals surface area contributed by atoms with Gasteiger partial charge in [-0.2, -0.15) is 0 Å². The summed E-state index contributed by atoms with van der Waals surface area (Å²) in [5.74, 6) is 1.60. The van der Waals surface area contributed by atoms with E-state index >= 15 is 0 Å². The van der Waals surface area contributed by atoms with E-state index < -0.39 is 0 Å². The van der Waals surface area contributed by atoms with Gasteiger partial charge in [-0.15, -0.1) is 11.3 Å². The third-order valence-electron chi connectivity index (χ3n) is 3.09. The Balaban J connectivity index is 1.69. The van der Waals surface area contributed by atoms with Crippen LogP contribution in [0.15, 0.2) is 53.9 Å². The first-order valence-electron chi connectivity index (χ1n) is 6.72. The van der Waals surface area contributed by atoms with E-state index in [9.17, 15) is 0 Å². The Morgan fingerprint density at radius 3 is 2.68 bits per heavy atom. The van der Waals surface area contributed by atoms with Gasteiger partial charge in [0.25, 0.3) is 0 Å². The van der Waals surface area contributed by atoms with Crippen LogP contribution in [0.2, 0.25) is 5.02 Å². The Morgan fingerprint density at radius 2 is 1.91 bits per heavy atom. The summed E-state index contributed by atoms with van der Waals surface area (Å²) in [6.07, 6.45) is 0. The van der Waals surface area contributed by atoms with Crippen LogP contribution >= 0.6 is 22.9 Å². The number of ether oxygens (including phenoxy) is 2. The van der Waals surface area contributed by atoms with Crippen LogP contribution in [0.3, 0.4) is 0 Å². The smallest absolute Gasteiger partial charge is 0.140 e. The molecular weight excluding hydrogens is 318 g/mol. The van der Waals surface area contributed by atoms with Crippen LogP contribution in [0.25, 0.3) is 11.3 Å². The van der Waals surface area contributed by atoms with Gasteiger partial charge in [-0.25, -0.2) is 4.98 Å². The number of hydrogen-bond acceptors (Lipinski definition) is 4. The lowest BCUT2D eigenvalue weighted by Crippen LogP contribution is -1.94. The Bertz CT molecular complexity index is 755. The van der Waals surface area contributed by atoms with E-state index in [0.29, 0.717) is 11.6 Å². The van der Waals surface area contributed by atoms with Crippen LogP contribution in [-0.2, 0) is 6.61 Å². The molecule has 0 amide bonds. The van der Waals surface area contributed by atoms with Crippen LogP contribution < -0.4 is 9.47 Å². The van der Waals surface area contributed by atoms with Gasteiger partial charge in [0.1, 0.15) is 23.1 Å². The third kappa shape index (κ3) is 3.59. The molecule has 3 rings (SSSR count). The topological polar surface area (TPSA) is 31.4 Å². The van der Waals surface area contributed by atoms with Crippen molar-refractivity contribution in [3.8, 4) is 22.8 Å². The summed E-state index contributed by atoms with van der Waals surface area (Å²) in [6.45, 7) is 0.441. The van der Waals surface area contributed by atoms with Crippen molar-refractivity contribution in [2.75, 3.05) is 7.11 Å². The first-order chi connectivity index (χ1) is 10.7. The standard InChI is InChI=1S/C17H14ClNO2S/c1-20-15-4-2-3-12(9-15)16-11-22-17(19-16)10-21-14-7-5-13(18)6-8-14/h2-9,11H,10H2,1H3. The molecule has 0 bridgehead atoms. The van der Waals surface area contributed by atoms with Gasteiger partial charge >= 0.3 is 0 Å². The fraction of sp³-hybridized carbons (Fsp3) is 0.118. The van der Waals surface area contributed by atoms with Crippen molar-refractivity contribution in [3.05, 3.63) is 63.9 Å². The van der Waals surface area contributed by atoms with Crippen molar-refractivity contribution in [2.24, 2.45) is 0 Å². The van der Waals surface area contributed by atoms with Gasteiger partial charge in [0.05, 0.1) is 12.8 Å². The Kier molecular flexibility index (Phi) is 4.61. The lowest BCUT2D eigenvalue weighted by Gasteiger charge is -2.04. The number of nitrogens with zero attached hydrogens (tertiary/aromatic N) is 1. The predicted molar refractivity (Wildman–Crippen MR) is 89.9 cm³/mol. The average Bonchev–Trinajstić information content (AvgIpc) is 3.03. The van der Waals surface area contributed by atoms with Crippen molar-refractivity contribution < 1.29 is 9.47 Å². The summed E-state index contributed by atoms with van der Waals surface area (Å²) < 4.78 is 10.9. The molecule has 2 aromatic carbocycles. The number of hydrogen-bond donors (Lipinski definition) is 0. The average molecular weight is 332 g/mol. The molecule has 0 saturated carbocycles. The molecule has 0 aliphatic carbocycles. The Hall–Kier alpha value is -2.04. The number of rotatable bonds is 5. The molecule has 0 spiro atoms. The molecule has 0 atom stereocenters. The first-order valence-corrected chi connectivity index (χ1v) is 7.97. The summed E-state index contributed by atoms with van der Waals surface area (Å²) >= 11 is 7.43. The number of benzene rings is 2. The van der Waals surface area contributed by atoms with E-state index in [0.717, 1.165) is 27.8 Å². The van der Waals surface area contributed by atoms with Gasteiger partial charge in [0.15, 0.2) is 0 Å². The fourth-order valence-corrected chi connectivity index (χ4v) is 2.81. The minimum atomic E-state index is 0.441. The van der Waals surface area contributed by atoms with Crippen LogP contribution in [0, 0.1) is 0 Å². The van der Waals surface area contributed by atoms with E-state index in [1.165, 1.54) is 0 Å². The molecule has 3 nitrogen and oxygen atoms in total. The summed E-state index contributed by atoms with van der Waals surface area (Å²) in [6, 6.07) is 15.2. The lowest BCUT2D eigenvalue weighted by atomic mass is 10.2. The molecular formula is C17H14ClNO2S. The highest BCUT2D eigenvalue weighted by atomic mass is 35.5. The van der Waals surface area contributed by atoms with Crippen molar-refractivity contribution in [1.29, 1.82) is 0 Å². The summed E-state index contributed by atoms with van der Waals surface area (Å²) in [7, 11) is 1.66. The van der Waals surface area contributed by atoms with Crippen LogP contribution in [-0.4, -0.2) is 12.1 Å². The van der Waals surface area contributed by atoms with Gasteiger partial charge in [-0.05, 0) is 36.4 Å². The second-order valence-corrected chi connectivity index (χ2v) is 5.98. The maximum Gasteiger partial charge on any atom is 0.140 e. The molecule has 0 saturated heterocycles. The summed E-state index contributed by atoms with van der Waals surface area (Å²) in [4.78, 5) is 4.60. The van der Waals surface area contributed by atoms with Gasteiger partial charge in [-0.3, -0.25) is 0 Å². The maximum absolute atomic E-state index is 5.85. The Morgan fingerprint density at radius 1 is 1.09 bits per heavy atom. The monoisotopic (exact) mass is 331 g/mol. The molecule has 0 unspecified atom stereocenters. The molecule has 0 aliphatic rings. The number of methoxy groups -OCH3 is 1. The van der Waals surface area contributed by atoms with Crippen LogP contribution in [0.4, 0.5) is 0 Å². The highest BCUT2D eigenvalue weighted by molar-refractivity contribution is 7.09. The highest BCUT2D eigenvalue weighted by Gasteiger charge is 2.06. The molecule has 3 aromatic rings. The van der Waals surface area contributed by atoms with Crippen LogP contribution in [0.5, 0.6) is 11.5 Å². The largest absolute Gasteiger partial charge is 0.497 e. The zero-order valence-corrected chi connectivity index (χ0v) is 13.5. The lowest BCUT2D eigenvalue weighted by molar-refractivity contribution is 0.305. The van der Waals surface area contributed by atoms with Crippen LogP contribution in [0.1, 0.15) is 5.01 Å². The van der Waals surface area contributed by atoms with Gasteiger partial charge in [0.2, 0.25) is 0 Å². The number of thiazole rings is 1. The van der Waals surface area contributed by atoms with Crippen molar-refractivity contribution >= 4 is 22.9 Å². The highest BCUT2D eigenvalue weighted by Crippen LogP contribution is 2.26. The molecule has 5 heteroatoms. The molecule has 0 fully saturated rings. The van der Waals surface area contributed by atoms with Crippen molar-refractivity contribution in [2.45, 2.75) is 6.61 Å². The number of halogens is 1. The first kappa shape index (κ1) is 14.9. The van der Waals surface area contributed by atoms with E-state index in [4.69, 9.17) is 21.1 Å². The van der Waals surface area contributed by atoms with E-state index in [1.54, 1.807) is 30.6 Å². The molecule has 22 heavy (non-hydrogen) atoms. The minimum absolute atomic E-state index is 0.441. The van der Waals surface area contributed by atoms with Crippen molar-refractivity contribution in [3.63, 3.8) is 0 Å². The summed E-state index contributed by atoms with van der Waals surface area (Å²) in [5.41, 5.74) is 1.96. The van der Waals surface area contributed by atoms with Gasteiger partial charge in [0, 0.05) is 16.0 Å². The SMILES string of the molecule is COc1cccc(-c2csc(COc3ccc(Cl)cc3)n2)c1. The third-order valence-corrected chi connectivity index (χ3v) is 4.17. The normalized spacial score (nSPS) is 10.5. The Labute approximate surface area is 138 Å². The van der Waals surface area contributed by atoms with E-state index in [1.807, 2.05) is 41.8 Å². The molecule has 0 radical (unpaired) electrons. The zero-order chi connectivity index (χ0) is 15.4. The molecule has 1 aromatic heterocycles. The van der Waals surface area contributed by atoms with Gasteiger partial charge in [-0.1, -0.05) is 23.7 Å². The number of aromatic nitrogens is 1. The summed E-state index contributed by atoms with van der Waals surface area (Å²) in [5, 5.41) is 3.64. The predicted octanol–water partition coefficient (Wildman–Crippen LogP) is 5.05. The second-order valence-electron chi connectivity index (χ2n) is 4.60. The quantitative estimate of drug-likeness (QED) is 0.655. The van der Waals surface area contributed by atoms with Gasteiger partial charge < -0.3 is 9.47 Å². The minimum Gasteiger partial charge on any atom is -0.497 e. The van der Waals surface area contributed by atoms with E-state index in [-0.39, 0.29) is 0 Å². The molecule has 0 aliphatic heterocycles. The molecule has 1 heterocycles. The second kappa shape index (κ2) is 6.81. The van der Waals surface area contributed by atoms with E-state index in [2.05, 4.69) is 4.98 Å².